The Balaban J connectivity index is 1.69. The zero-order valence-corrected chi connectivity index (χ0v) is 13.9. The van der Waals surface area contributed by atoms with Crippen LogP contribution in [0.2, 0.25) is 0 Å². The Kier molecular flexibility index (Phi) is 5.22. The normalized spacial score (nSPS) is 10.5. The average Bonchev–Trinajstić information content (AvgIpc) is 3.09. The van der Waals surface area contributed by atoms with Gasteiger partial charge < -0.3 is 4.74 Å². The van der Waals surface area contributed by atoms with Gasteiger partial charge in [0.1, 0.15) is 5.75 Å². The Morgan fingerprint density at radius 2 is 1.88 bits per heavy atom. The van der Waals surface area contributed by atoms with E-state index < -0.39 is 0 Å². The van der Waals surface area contributed by atoms with Crippen molar-refractivity contribution in [3.05, 3.63) is 60.2 Å². The summed E-state index contributed by atoms with van der Waals surface area (Å²) in [5.74, 6) is 0.312. The summed E-state index contributed by atoms with van der Waals surface area (Å²) in [5, 5.41) is 12.3. The fraction of sp³-hybridized carbons (Fsp3) is 0.176. The highest BCUT2D eigenvalue weighted by molar-refractivity contribution is 7.99. The standard InChI is InChI=1S/C17H16N4O2S/c1-2-13-8-6-7-11-15(13)21-17(18-19-20-21)24-12-16(22)23-14-9-4-3-5-10-14/h3-11H,2,12H2,1H3. The minimum atomic E-state index is -0.343. The molecule has 0 atom stereocenters. The number of nitrogens with zero attached hydrogens (tertiary/aromatic N) is 4. The van der Waals surface area contributed by atoms with E-state index >= 15 is 0 Å². The molecule has 6 nitrogen and oxygen atoms in total. The van der Waals surface area contributed by atoms with E-state index in [1.165, 1.54) is 11.8 Å². The molecule has 122 valence electrons. The van der Waals surface area contributed by atoms with Gasteiger partial charge in [0, 0.05) is 0 Å². The van der Waals surface area contributed by atoms with Crippen LogP contribution >= 0.6 is 11.8 Å². The quantitative estimate of drug-likeness (QED) is 0.390. The van der Waals surface area contributed by atoms with E-state index in [0.29, 0.717) is 10.9 Å². The zero-order valence-electron chi connectivity index (χ0n) is 13.1. The van der Waals surface area contributed by atoms with Crippen molar-refractivity contribution in [2.45, 2.75) is 18.5 Å². The second-order valence-electron chi connectivity index (χ2n) is 4.93. The number of hydrogen-bond donors (Lipinski definition) is 0. The molecule has 0 bridgehead atoms. The molecule has 0 aliphatic rings. The number of esters is 1. The summed E-state index contributed by atoms with van der Waals surface area (Å²) in [4.78, 5) is 12.0. The SMILES string of the molecule is CCc1ccccc1-n1nnnc1SCC(=O)Oc1ccccc1. The monoisotopic (exact) mass is 340 g/mol. The van der Waals surface area contributed by atoms with E-state index in [2.05, 4.69) is 22.4 Å². The maximum absolute atomic E-state index is 12.0. The van der Waals surface area contributed by atoms with Crippen LogP contribution in [0.15, 0.2) is 59.8 Å². The number of para-hydroxylation sites is 2. The van der Waals surface area contributed by atoms with E-state index in [1.54, 1.807) is 16.8 Å². The molecule has 2 aromatic carbocycles. The number of aryl methyl sites for hydroxylation is 1. The molecular formula is C17H16N4O2S. The average molecular weight is 340 g/mol. The van der Waals surface area contributed by atoms with Crippen molar-refractivity contribution in [3.63, 3.8) is 0 Å². The smallest absolute Gasteiger partial charge is 0.321 e. The Morgan fingerprint density at radius 1 is 1.12 bits per heavy atom. The summed E-state index contributed by atoms with van der Waals surface area (Å²) >= 11 is 1.25. The van der Waals surface area contributed by atoms with Gasteiger partial charge in [-0.25, -0.2) is 0 Å². The van der Waals surface area contributed by atoms with Gasteiger partial charge in [-0.05, 0) is 40.6 Å². The van der Waals surface area contributed by atoms with Crippen molar-refractivity contribution in [2.75, 3.05) is 5.75 Å². The molecule has 24 heavy (non-hydrogen) atoms. The number of ether oxygens (including phenoxy) is 1. The number of carbonyl (C=O) groups excluding carboxylic acids is 1. The van der Waals surface area contributed by atoms with Gasteiger partial charge in [-0.2, -0.15) is 4.68 Å². The van der Waals surface area contributed by atoms with Gasteiger partial charge in [-0.1, -0.05) is 55.1 Å². The van der Waals surface area contributed by atoms with E-state index in [9.17, 15) is 4.79 Å². The summed E-state index contributed by atoms with van der Waals surface area (Å²) in [5.41, 5.74) is 2.06. The van der Waals surface area contributed by atoms with Crippen molar-refractivity contribution in [1.82, 2.24) is 20.2 Å². The first-order valence-corrected chi connectivity index (χ1v) is 8.51. The van der Waals surface area contributed by atoms with Crippen LogP contribution < -0.4 is 4.74 Å². The summed E-state index contributed by atoms with van der Waals surface area (Å²) in [6.45, 7) is 2.08. The molecule has 1 heterocycles. The summed E-state index contributed by atoms with van der Waals surface area (Å²) < 4.78 is 6.92. The van der Waals surface area contributed by atoms with Crippen molar-refractivity contribution in [3.8, 4) is 11.4 Å². The largest absolute Gasteiger partial charge is 0.426 e. The highest BCUT2D eigenvalue weighted by Gasteiger charge is 2.14. The molecule has 0 amide bonds. The number of thioether (sulfide) groups is 1. The first-order chi connectivity index (χ1) is 11.8. The zero-order chi connectivity index (χ0) is 16.8. The molecule has 0 spiro atoms. The summed E-state index contributed by atoms with van der Waals surface area (Å²) in [6.07, 6.45) is 0.871. The topological polar surface area (TPSA) is 69.9 Å². The Bertz CT molecular complexity index is 820. The fourth-order valence-electron chi connectivity index (χ4n) is 2.21. The van der Waals surface area contributed by atoms with Gasteiger partial charge in [0.2, 0.25) is 5.16 Å². The lowest BCUT2D eigenvalue weighted by Crippen LogP contribution is -2.11. The molecule has 3 rings (SSSR count). The van der Waals surface area contributed by atoms with Gasteiger partial charge in [-0.3, -0.25) is 4.79 Å². The second-order valence-corrected chi connectivity index (χ2v) is 5.87. The van der Waals surface area contributed by atoms with Crippen LogP contribution in [0.4, 0.5) is 0 Å². The molecule has 0 aliphatic heterocycles. The van der Waals surface area contributed by atoms with Crippen molar-refractivity contribution >= 4 is 17.7 Å². The molecule has 0 unspecified atom stereocenters. The first-order valence-electron chi connectivity index (χ1n) is 7.53. The molecule has 0 N–H and O–H groups in total. The van der Waals surface area contributed by atoms with Crippen molar-refractivity contribution in [1.29, 1.82) is 0 Å². The summed E-state index contributed by atoms with van der Waals surface area (Å²) in [6, 6.07) is 16.9. The highest BCUT2D eigenvalue weighted by atomic mass is 32.2. The number of aromatic nitrogens is 4. The number of tetrazole rings is 1. The molecule has 1 aromatic heterocycles. The van der Waals surface area contributed by atoms with Crippen LogP contribution in [0, 0.1) is 0 Å². The fourth-order valence-corrected chi connectivity index (χ4v) is 2.87. The van der Waals surface area contributed by atoms with Gasteiger partial charge in [0.15, 0.2) is 0 Å². The molecule has 0 saturated heterocycles. The minimum Gasteiger partial charge on any atom is -0.426 e. The molecule has 0 saturated carbocycles. The Morgan fingerprint density at radius 3 is 2.67 bits per heavy atom. The van der Waals surface area contributed by atoms with E-state index in [-0.39, 0.29) is 11.7 Å². The summed E-state index contributed by atoms with van der Waals surface area (Å²) in [7, 11) is 0. The minimum absolute atomic E-state index is 0.129. The van der Waals surface area contributed by atoms with Crippen LogP contribution in [0.5, 0.6) is 5.75 Å². The Labute approximate surface area is 143 Å². The van der Waals surface area contributed by atoms with Crippen LogP contribution in [-0.2, 0) is 11.2 Å². The van der Waals surface area contributed by atoms with Gasteiger partial charge >= 0.3 is 5.97 Å². The van der Waals surface area contributed by atoms with Crippen LogP contribution in [0.1, 0.15) is 12.5 Å². The third kappa shape index (κ3) is 3.80. The number of benzene rings is 2. The van der Waals surface area contributed by atoms with Gasteiger partial charge in [0.05, 0.1) is 11.4 Å². The molecule has 3 aromatic rings. The van der Waals surface area contributed by atoms with Gasteiger partial charge in [-0.15, -0.1) is 5.10 Å². The predicted octanol–water partition coefficient (Wildman–Crippen LogP) is 2.92. The lowest BCUT2D eigenvalue weighted by molar-refractivity contribution is -0.131. The van der Waals surface area contributed by atoms with E-state index in [0.717, 1.165) is 17.7 Å². The third-order valence-electron chi connectivity index (χ3n) is 3.34. The molecule has 0 fully saturated rings. The van der Waals surface area contributed by atoms with Gasteiger partial charge in [0.25, 0.3) is 0 Å². The van der Waals surface area contributed by atoms with Crippen molar-refractivity contribution in [2.24, 2.45) is 0 Å². The maximum Gasteiger partial charge on any atom is 0.321 e. The molecule has 0 radical (unpaired) electrons. The van der Waals surface area contributed by atoms with Crippen LogP contribution in [0.3, 0.4) is 0 Å². The number of carbonyl (C=O) groups is 1. The lowest BCUT2D eigenvalue weighted by Gasteiger charge is -2.08. The van der Waals surface area contributed by atoms with Crippen molar-refractivity contribution < 1.29 is 9.53 Å². The molecular weight excluding hydrogens is 324 g/mol. The van der Waals surface area contributed by atoms with Crippen LogP contribution in [0.25, 0.3) is 5.69 Å². The van der Waals surface area contributed by atoms with E-state index in [1.807, 2.05) is 42.5 Å². The number of hydrogen-bond acceptors (Lipinski definition) is 6. The Hall–Kier alpha value is -2.67. The first kappa shape index (κ1) is 16.2. The third-order valence-corrected chi connectivity index (χ3v) is 4.23. The lowest BCUT2D eigenvalue weighted by atomic mass is 10.1. The second kappa shape index (κ2) is 7.74. The van der Waals surface area contributed by atoms with E-state index in [4.69, 9.17) is 4.74 Å². The van der Waals surface area contributed by atoms with Crippen LogP contribution in [-0.4, -0.2) is 31.9 Å². The maximum atomic E-state index is 12.0. The number of rotatable bonds is 6. The molecule has 7 heteroatoms. The highest BCUT2D eigenvalue weighted by Crippen LogP contribution is 2.21. The molecule has 0 aliphatic carbocycles. The predicted molar refractivity (Wildman–Crippen MR) is 91.3 cm³/mol.